The predicted octanol–water partition coefficient (Wildman–Crippen LogP) is 13.9. The van der Waals surface area contributed by atoms with Gasteiger partial charge in [-0.1, -0.05) is 133 Å². The molecule has 8 aromatic carbocycles. The van der Waals surface area contributed by atoms with Crippen LogP contribution in [0.4, 0.5) is 17.1 Å². The minimum Gasteiger partial charge on any atom is -0.455 e. The summed E-state index contributed by atoms with van der Waals surface area (Å²) in [6, 6.07) is 63.3. The van der Waals surface area contributed by atoms with Crippen molar-refractivity contribution in [2.24, 2.45) is 0 Å². The van der Waals surface area contributed by atoms with Gasteiger partial charge in [-0.05, 0) is 59.0 Å². The molecule has 2 aromatic heterocycles. The van der Waals surface area contributed by atoms with E-state index in [4.69, 9.17) is 4.42 Å². The second-order valence-corrected chi connectivity index (χ2v) is 13.6. The van der Waals surface area contributed by atoms with E-state index in [0.29, 0.717) is 0 Å². The average Bonchev–Trinajstić information content (AvgIpc) is 3.74. The van der Waals surface area contributed by atoms with Crippen LogP contribution in [0.25, 0.3) is 75.1 Å². The summed E-state index contributed by atoms with van der Waals surface area (Å²) in [5.74, 6) is 0. The van der Waals surface area contributed by atoms with E-state index in [1.807, 2.05) is 23.5 Å². The third-order valence-corrected chi connectivity index (χ3v) is 10.8. The molecule has 0 unspecified atom stereocenters. The maximum absolute atomic E-state index is 6.41. The fourth-order valence-corrected chi connectivity index (χ4v) is 8.53. The van der Waals surface area contributed by atoms with Crippen LogP contribution in [-0.4, -0.2) is 0 Å². The molecule has 0 aliphatic rings. The van der Waals surface area contributed by atoms with Gasteiger partial charge in [0.1, 0.15) is 11.2 Å². The second-order valence-electron chi connectivity index (χ2n) is 12.5. The first kappa shape index (κ1) is 27.9. The van der Waals surface area contributed by atoms with Gasteiger partial charge >= 0.3 is 0 Å². The lowest BCUT2D eigenvalue weighted by atomic mass is 9.98. The predicted molar refractivity (Wildman–Crippen MR) is 210 cm³/mol. The number of rotatable bonds is 5. The number of benzene rings is 8. The molecule has 3 heteroatoms. The molecule has 0 N–H and O–H groups in total. The first-order valence-electron chi connectivity index (χ1n) is 16.6. The molecule has 10 rings (SSSR count). The molecule has 230 valence electrons. The van der Waals surface area contributed by atoms with Gasteiger partial charge in [-0.15, -0.1) is 11.3 Å². The molecule has 0 saturated heterocycles. The Kier molecular flexibility index (Phi) is 6.39. The van der Waals surface area contributed by atoms with E-state index in [0.717, 1.165) is 50.1 Å². The quantitative estimate of drug-likeness (QED) is 0.186. The van der Waals surface area contributed by atoms with Gasteiger partial charge in [0.25, 0.3) is 0 Å². The highest BCUT2D eigenvalue weighted by Gasteiger charge is 2.20. The van der Waals surface area contributed by atoms with Gasteiger partial charge in [-0.2, -0.15) is 0 Å². The van der Waals surface area contributed by atoms with Crippen molar-refractivity contribution in [3.8, 4) is 22.3 Å². The lowest BCUT2D eigenvalue weighted by Gasteiger charge is -2.29. The third-order valence-electron chi connectivity index (χ3n) is 9.68. The summed E-state index contributed by atoms with van der Waals surface area (Å²) in [4.78, 5) is 2.42. The lowest BCUT2D eigenvalue weighted by Crippen LogP contribution is -2.11. The number of nitrogens with zero attached hydrogens (tertiary/aromatic N) is 1. The molecule has 0 amide bonds. The zero-order valence-corrected chi connectivity index (χ0v) is 27.3. The monoisotopic (exact) mass is 643 g/mol. The van der Waals surface area contributed by atoms with Crippen LogP contribution in [-0.2, 0) is 0 Å². The van der Waals surface area contributed by atoms with E-state index < -0.39 is 0 Å². The number of fused-ring (bicyclic) bond motifs is 7. The maximum Gasteiger partial charge on any atom is 0.143 e. The fraction of sp³-hybridized carbons (Fsp3) is 0. The molecule has 0 bridgehead atoms. The molecular weight excluding hydrogens is 615 g/mol. The van der Waals surface area contributed by atoms with Crippen LogP contribution in [0, 0.1) is 0 Å². The van der Waals surface area contributed by atoms with E-state index in [2.05, 4.69) is 169 Å². The summed E-state index contributed by atoms with van der Waals surface area (Å²) in [5.41, 5.74) is 9.79. The van der Waals surface area contributed by atoms with Crippen molar-refractivity contribution in [1.82, 2.24) is 0 Å². The number of thiophene rings is 1. The van der Waals surface area contributed by atoms with Crippen molar-refractivity contribution in [3.05, 3.63) is 176 Å². The summed E-state index contributed by atoms with van der Waals surface area (Å²) < 4.78 is 9.03. The molecule has 0 fully saturated rings. The second kappa shape index (κ2) is 11.2. The Balaban J connectivity index is 1.15. The van der Waals surface area contributed by atoms with Gasteiger partial charge < -0.3 is 9.32 Å². The van der Waals surface area contributed by atoms with Crippen molar-refractivity contribution in [1.29, 1.82) is 0 Å². The van der Waals surface area contributed by atoms with E-state index in [9.17, 15) is 0 Å². The Morgan fingerprint density at radius 3 is 1.96 bits per heavy atom. The largest absolute Gasteiger partial charge is 0.455 e. The standard InChI is InChI=1S/C46H29NOS/c1-2-13-34-30(11-1)12-9-20-42(34)47(33-26-23-31(24-27-33)36-17-10-18-40-37-15-4-7-21-43(37)48-46(36)40)41-19-6-3-14-35(41)32-25-28-39-38-16-5-8-22-44(38)49-45(39)29-32/h1-29H. The minimum absolute atomic E-state index is 0.911. The molecule has 0 spiro atoms. The fourth-order valence-electron chi connectivity index (χ4n) is 7.38. The molecular formula is C46H29NOS. The first-order valence-corrected chi connectivity index (χ1v) is 17.4. The SMILES string of the molecule is c1ccc(N(c2ccc(-c3cccc4c3oc3ccccc34)cc2)c2cccc3ccccc23)c(-c2ccc3c(c2)sc2ccccc23)c1. The van der Waals surface area contributed by atoms with E-state index in [-0.39, 0.29) is 0 Å². The first-order chi connectivity index (χ1) is 24.3. The average molecular weight is 644 g/mol. The number of anilines is 3. The van der Waals surface area contributed by atoms with Crippen LogP contribution in [0.15, 0.2) is 180 Å². The highest BCUT2D eigenvalue weighted by molar-refractivity contribution is 7.25. The van der Waals surface area contributed by atoms with Gasteiger partial charge in [0.15, 0.2) is 0 Å². The summed E-state index contributed by atoms with van der Waals surface area (Å²) >= 11 is 1.86. The molecule has 10 aromatic rings. The number of hydrogen-bond donors (Lipinski definition) is 0. The summed E-state index contributed by atoms with van der Waals surface area (Å²) in [7, 11) is 0. The van der Waals surface area contributed by atoms with Gasteiger partial charge in [0, 0.05) is 53.1 Å². The highest BCUT2D eigenvalue weighted by Crippen LogP contribution is 2.45. The Labute approximate surface area is 287 Å². The van der Waals surface area contributed by atoms with Crippen LogP contribution in [0.1, 0.15) is 0 Å². The van der Waals surface area contributed by atoms with Crippen molar-refractivity contribution in [2.45, 2.75) is 0 Å². The highest BCUT2D eigenvalue weighted by atomic mass is 32.1. The third kappa shape index (κ3) is 4.55. The van der Waals surface area contributed by atoms with Crippen LogP contribution in [0.5, 0.6) is 0 Å². The summed E-state index contributed by atoms with van der Waals surface area (Å²) in [6.45, 7) is 0. The molecule has 2 heterocycles. The number of para-hydroxylation sites is 3. The van der Waals surface area contributed by atoms with Gasteiger partial charge in [-0.25, -0.2) is 0 Å². The molecule has 0 aliphatic heterocycles. The van der Waals surface area contributed by atoms with Crippen LogP contribution in [0.3, 0.4) is 0 Å². The number of furan rings is 1. The molecule has 2 nitrogen and oxygen atoms in total. The maximum atomic E-state index is 6.41. The van der Waals surface area contributed by atoms with E-state index in [1.165, 1.54) is 42.1 Å². The zero-order chi connectivity index (χ0) is 32.3. The van der Waals surface area contributed by atoms with Crippen LogP contribution in [0.2, 0.25) is 0 Å². The lowest BCUT2D eigenvalue weighted by molar-refractivity contribution is 0.670. The van der Waals surface area contributed by atoms with Crippen molar-refractivity contribution in [2.75, 3.05) is 4.90 Å². The Hall–Kier alpha value is -6.16. The van der Waals surface area contributed by atoms with Gasteiger partial charge in [0.2, 0.25) is 0 Å². The minimum atomic E-state index is 0.911. The van der Waals surface area contributed by atoms with Crippen molar-refractivity contribution in [3.63, 3.8) is 0 Å². The zero-order valence-electron chi connectivity index (χ0n) is 26.5. The normalized spacial score (nSPS) is 11.7. The molecule has 49 heavy (non-hydrogen) atoms. The molecule has 0 atom stereocenters. The summed E-state index contributed by atoms with van der Waals surface area (Å²) in [6.07, 6.45) is 0. The van der Waals surface area contributed by atoms with E-state index in [1.54, 1.807) is 0 Å². The topological polar surface area (TPSA) is 16.4 Å². The van der Waals surface area contributed by atoms with Crippen molar-refractivity contribution >= 4 is 81.3 Å². The smallest absolute Gasteiger partial charge is 0.143 e. The molecule has 0 aliphatic carbocycles. The number of hydrogen-bond acceptors (Lipinski definition) is 3. The molecule has 0 radical (unpaired) electrons. The van der Waals surface area contributed by atoms with Gasteiger partial charge in [0.05, 0.1) is 11.4 Å². The van der Waals surface area contributed by atoms with Gasteiger partial charge in [-0.3, -0.25) is 0 Å². The van der Waals surface area contributed by atoms with Crippen LogP contribution < -0.4 is 4.90 Å². The van der Waals surface area contributed by atoms with Crippen molar-refractivity contribution < 1.29 is 4.42 Å². The van der Waals surface area contributed by atoms with E-state index >= 15 is 0 Å². The Morgan fingerprint density at radius 2 is 1.04 bits per heavy atom. The Bertz CT molecular complexity index is 2840. The van der Waals surface area contributed by atoms with Crippen LogP contribution >= 0.6 is 11.3 Å². The molecule has 0 saturated carbocycles. The Morgan fingerprint density at radius 1 is 0.408 bits per heavy atom. The summed E-state index contributed by atoms with van der Waals surface area (Å²) in [5, 5.41) is 7.32.